The van der Waals surface area contributed by atoms with Crippen molar-refractivity contribution < 1.29 is 9.59 Å². The predicted octanol–water partition coefficient (Wildman–Crippen LogP) is 1.77. The molecule has 3 rings (SSSR count). The van der Waals surface area contributed by atoms with Crippen LogP contribution in [-0.2, 0) is 9.59 Å². The lowest BCUT2D eigenvalue weighted by molar-refractivity contribution is -0.138. The zero-order valence-electron chi connectivity index (χ0n) is 16.8. The Balaban J connectivity index is 1.45. The van der Waals surface area contributed by atoms with Crippen molar-refractivity contribution in [3.05, 3.63) is 29.3 Å². The van der Waals surface area contributed by atoms with Gasteiger partial charge in [0.25, 0.3) is 0 Å². The van der Waals surface area contributed by atoms with Crippen molar-refractivity contribution in [1.82, 2.24) is 15.1 Å². The minimum atomic E-state index is 0.00987. The number of nitrogens with one attached hydrogen (secondary N) is 2. The van der Waals surface area contributed by atoms with E-state index in [0.29, 0.717) is 31.6 Å². The third-order valence-electron chi connectivity index (χ3n) is 5.90. The summed E-state index contributed by atoms with van der Waals surface area (Å²) < 4.78 is 0. The summed E-state index contributed by atoms with van der Waals surface area (Å²) >= 11 is 0. The summed E-state index contributed by atoms with van der Waals surface area (Å²) in [5.74, 6) is 0.457. The first kappa shape index (κ1) is 19.8. The van der Waals surface area contributed by atoms with Gasteiger partial charge in [-0.3, -0.25) is 14.5 Å². The molecule has 148 valence electrons. The van der Waals surface area contributed by atoms with Crippen LogP contribution in [0.2, 0.25) is 0 Å². The van der Waals surface area contributed by atoms with Crippen LogP contribution >= 0.6 is 0 Å². The van der Waals surface area contributed by atoms with Gasteiger partial charge in [-0.2, -0.15) is 0 Å². The molecule has 2 aliphatic rings. The number of hydrogen-bond acceptors (Lipinski definition) is 4. The van der Waals surface area contributed by atoms with Gasteiger partial charge in [-0.25, -0.2) is 0 Å². The van der Waals surface area contributed by atoms with Crippen molar-refractivity contribution in [2.45, 2.75) is 39.7 Å². The second kappa shape index (κ2) is 8.85. The molecule has 1 aromatic rings. The number of rotatable bonds is 4. The zero-order valence-corrected chi connectivity index (χ0v) is 16.8. The van der Waals surface area contributed by atoms with E-state index < -0.39 is 0 Å². The molecule has 0 aromatic heterocycles. The molecule has 2 saturated heterocycles. The molecule has 6 nitrogen and oxygen atoms in total. The summed E-state index contributed by atoms with van der Waals surface area (Å²) in [6.07, 6.45) is 1.86. The predicted molar refractivity (Wildman–Crippen MR) is 108 cm³/mol. The topological polar surface area (TPSA) is 64.7 Å². The number of nitrogens with zero attached hydrogens (tertiary/aromatic N) is 2. The number of piperazine rings is 1. The van der Waals surface area contributed by atoms with Crippen LogP contribution in [0.15, 0.2) is 18.2 Å². The van der Waals surface area contributed by atoms with Crippen molar-refractivity contribution in [1.29, 1.82) is 0 Å². The monoisotopic (exact) mass is 372 g/mol. The van der Waals surface area contributed by atoms with E-state index in [1.807, 2.05) is 36.9 Å². The largest absolute Gasteiger partial charge is 0.340 e. The van der Waals surface area contributed by atoms with Gasteiger partial charge in [-0.05, 0) is 57.4 Å². The number of benzene rings is 1. The van der Waals surface area contributed by atoms with Gasteiger partial charge in [0.1, 0.15) is 0 Å². The first-order valence-corrected chi connectivity index (χ1v) is 10.0. The standard InChI is InChI=1S/C21H32N4O2/c1-15-5-4-6-19(17(15)3)23-20(26)14-24-9-11-25(12-10-24)21(27)18-7-8-22-16(2)13-18/h4-6,16,18,22H,7-14H2,1-3H3,(H,23,26)/t16-,18-/m0/s1. The molecule has 2 amide bonds. The number of aryl methyl sites for hydroxylation is 1. The fourth-order valence-electron chi connectivity index (χ4n) is 4.02. The third-order valence-corrected chi connectivity index (χ3v) is 5.90. The number of piperidine rings is 1. The molecule has 6 heteroatoms. The minimum absolute atomic E-state index is 0.00987. The fraction of sp³-hybridized carbons (Fsp3) is 0.619. The number of anilines is 1. The van der Waals surface area contributed by atoms with Crippen molar-refractivity contribution >= 4 is 17.5 Å². The zero-order chi connectivity index (χ0) is 19.4. The Bertz CT molecular complexity index is 683. The molecule has 2 atom stereocenters. The lowest BCUT2D eigenvalue weighted by atomic mass is 9.92. The highest BCUT2D eigenvalue weighted by atomic mass is 16.2. The molecule has 0 radical (unpaired) electrons. The first-order chi connectivity index (χ1) is 12.9. The van der Waals surface area contributed by atoms with Crippen LogP contribution < -0.4 is 10.6 Å². The highest BCUT2D eigenvalue weighted by Gasteiger charge is 2.30. The SMILES string of the molecule is Cc1cccc(NC(=O)CN2CCN(C(=O)[C@H]3CCN[C@@H](C)C3)CC2)c1C. The molecule has 0 bridgehead atoms. The summed E-state index contributed by atoms with van der Waals surface area (Å²) in [6, 6.07) is 6.37. The summed E-state index contributed by atoms with van der Waals surface area (Å²) in [7, 11) is 0. The van der Waals surface area contributed by atoms with E-state index in [4.69, 9.17) is 0 Å². The van der Waals surface area contributed by atoms with Crippen LogP contribution in [0.3, 0.4) is 0 Å². The number of amides is 2. The highest BCUT2D eigenvalue weighted by Crippen LogP contribution is 2.20. The van der Waals surface area contributed by atoms with Crippen LogP contribution in [0.5, 0.6) is 0 Å². The Morgan fingerprint density at radius 3 is 2.63 bits per heavy atom. The van der Waals surface area contributed by atoms with Crippen LogP contribution in [0.25, 0.3) is 0 Å². The van der Waals surface area contributed by atoms with Crippen LogP contribution in [-0.4, -0.2) is 66.9 Å². The summed E-state index contributed by atoms with van der Waals surface area (Å²) in [4.78, 5) is 29.3. The quantitative estimate of drug-likeness (QED) is 0.846. The molecular weight excluding hydrogens is 340 g/mol. The maximum atomic E-state index is 12.7. The van der Waals surface area contributed by atoms with Crippen LogP contribution in [0, 0.1) is 19.8 Å². The van der Waals surface area contributed by atoms with Gasteiger partial charge in [0, 0.05) is 43.8 Å². The van der Waals surface area contributed by atoms with E-state index in [0.717, 1.165) is 43.7 Å². The van der Waals surface area contributed by atoms with Crippen molar-refractivity contribution in [2.24, 2.45) is 5.92 Å². The van der Waals surface area contributed by atoms with Crippen molar-refractivity contribution in [2.75, 3.05) is 44.6 Å². The maximum Gasteiger partial charge on any atom is 0.238 e. The molecule has 0 saturated carbocycles. The van der Waals surface area contributed by atoms with Gasteiger partial charge in [0.05, 0.1) is 6.54 Å². The lowest BCUT2D eigenvalue weighted by Gasteiger charge is -2.37. The Labute approximate surface area is 162 Å². The molecule has 0 aliphatic carbocycles. The van der Waals surface area contributed by atoms with Gasteiger partial charge in [0.2, 0.25) is 11.8 Å². The Morgan fingerprint density at radius 1 is 1.19 bits per heavy atom. The number of hydrogen-bond donors (Lipinski definition) is 2. The second-order valence-corrected chi connectivity index (χ2v) is 7.97. The lowest BCUT2D eigenvalue weighted by Crippen LogP contribution is -2.53. The van der Waals surface area contributed by atoms with Gasteiger partial charge in [-0.15, -0.1) is 0 Å². The average molecular weight is 373 g/mol. The third kappa shape index (κ3) is 5.08. The van der Waals surface area contributed by atoms with Crippen LogP contribution in [0.4, 0.5) is 5.69 Å². The normalized spacial score (nSPS) is 23.9. The highest BCUT2D eigenvalue weighted by molar-refractivity contribution is 5.93. The summed E-state index contributed by atoms with van der Waals surface area (Å²) in [5, 5.41) is 6.42. The van der Waals surface area contributed by atoms with E-state index in [2.05, 4.69) is 22.5 Å². The molecule has 2 fully saturated rings. The van der Waals surface area contributed by atoms with Gasteiger partial charge >= 0.3 is 0 Å². The molecule has 0 spiro atoms. The molecule has 2 heterocycles. The van der Waals surface area contributed by atoms with E-state index in [1.54, 1.807) is 0 Å². The first-order valence-electron chi connectivity index (χ1n) is 10.0. The molecule has 2 N–H and O–H groups in total. The Hall–Kier alpha value is -1.92. The molecule has 1 aromatic carbocycles. The minimum Gasteiger partial charge on any atom is -0.340 e. The van der Waals surface area contributed by atoms with Crippen molar-refractivity contribution in [3.8, 4) is 0 Å². The number of carbonyl (C=O) groups is 2. The van der Waals surface area contributed by atoms with E-state index in [1.165, 1.54) is 5.56 Å². The maximum absolute atomic E-state index is 12.7. The summed E-state index contributed by atoms with van der Waals surface area (Å²) in [5.41, 5.74) is 3.17. The fourth-order valence-corrected chi connectivity index (χ4v) is 4.02. The number of carbonyl (C=O) groups excluding carboxylic acids is 2. The van der Waals surface area contributed by atoms with Gasteiger partial charge in [-0.1, -0.05) is 12.1 Å². The Kier molecular flexibility index (Phi) is 6.50. The molecule has 0 unspecified atom stereocenters. The molecular formula is C21H32N4O2. The second-order valence-electron chi connectivity index (χ2n) is 7.97. The van der Waals surface area contributed by atoms with Gasteiger partial charge < -0.3 is 15.5 Å². The smallest absolute Gasteiger partial charge is 0.238 e. The molecule has 2 aliphatic heterocycles. The van der Waals surface area contributed by atoms with Gasteiger partial charge in [0.15, 0.2) is 0 Å². The average Bonchev–Trinajstić information content (AvgIpc) is 2.65. The van der Waals surface area contributed by atoms with E-state index in [-0.39, 0.29) is 11.8 Å². The van der Waals surface area contributed by atoms with E-state index >= 15 is 0 Å². The van der Waals surface area contributed by atoms with E-state index in [9.17, 15) is 9.59 Å². The molecule has 27 heavy (non-hydrogen) atoms. The summed E-state index contributed by atoms with van der Waals surface area (Å²) in [6.45, 7) is 10.5. The van der Waals surface area contributed by atoms with Crippen molar-refractivity contribution in [3.63, 3.8) is 0 Å². The Morgan fingerprint density at radius 2 is 1.93 bits per heavy atom. The van der Waals surface area contributed by atoms with Crippen LogP contribution in [0.1, 0.15) is 30.9 Å².